The van der Waals surface area contributed by atoms with Crippen LogP contribution in [0.25, 0.3) is 0 Å². The van der Waals surface area contributed by atoms with Gasteiger partial charge in [-0.1, -0.05) is 17.7 Å². The predicted octanol–water partition coefficient (Wildman–Crippen LogP) is 3.32. The Bertz CT molecular complexity index is 596. The highest BCUT2D eigenvalue weighted by Gasteiger charge is 2.05. The number of rotatable bonds is 8. The van der Waals surface area contributed by atoms with Gasteiger partial charge in [-0.2, -0.15) is 11.8 Å². The number of amides is 1. The number of benzene rings is 1. The van der Waals surface area contributed by atoms with Gasteiger partial charge in [0, 0.05) is 12.3 Å². The molecule has 1 aromatic carbocycles. The van der Waals surface area contributed by atoms with Gasteiger partial charge in [-0.3, -0.25) is 4.79 Å². The summed E-state index contributed by atoms with van der Waals surface area (Å²) in [6.45, 7) is 4.68. The van der Waals surface area contributed by atoms with E-state index in [1.54, 1.807) is 18.0 Å². The maximum atomic E-state index is 11.7. The molecule has 0 saturated heterocycles. The molecule has 0 saturated carbocycles. The summed E-state index contributed by atoms with van der Waals surface area (Å²) in [5, 5.41) is 2.85. The quantitative estimate of drug-likeness (QED) is 0.758. The van der Waals surface area contributed by atoms with Crippen molar-refractivity contribution in [2.75, 3.05) is 18.9 Å². The van der Waals surface area contributed by atoms with E-state index >= 15 is 0 Å². The number of furan rings is 1. The van der Waals surface area contributed by atoms with E-state index in [1.165, 1.54) is 5.56 Å². The summed E-state index contributed by atoms with van der Waals surface area (Å²) in [7, 11) is 0. The highest BCUT2D eigenvalue weighted by atomic mass is 32.2. The molecule has 0 aliphatic carbocycles. The van der Waals surface area contributed by atoms with Gasteiger partial charge >= 0.3 is 0 Å². The van der Waals surface area contributed by atoms with Gasteiger partial charge in [-0.05, 0) is 37.6 Å². The first-order valence-electron chi connectivity index (χ1n) is 7.22. The summed E-state index contributed by atoms with van der Waals surface area (Å²) in [6.07, 6.45) is 1.67. The zero-order valence-corrected chi connectivity index (χ0v) is 13.7. The predicted molar refractivity (Wildman–Crippen MR) is 89.3 cm³/mol. The minimum Gasteiger partial charge on any atom is -0.484 e. The fourth-order valence-electron chi connectivity index (χ4n) is 1.99. The summed E-state index contributed by atoms with van der Waals surface area (Å²) in [5.41, 5.74) is 2.23. The number of hydrogen-bond acceptors (Lipinski definition) is 4. The molecule has 2 rings (SSSR count). The molecular weight excluding hydrogens is 298 g/mol. The lowest BCUT2D eigenvalue weighted by Gasteiger charge is -2.10. The zero-order chi connectivity index (χ0) is 15.8. The first-order chi connectivity index (χ1) is 10.6. The highest BCUT2D eigenvalue weighted by molar-refractivity contribution is 7.98. The molecule has 1 aromatic heterocycles. The standard InChI is InChI=1S/C17H21NO3S/c1-13-5-6-16(14(2)10-13)21-11-17(19)18-7-9-22-12-15-4-3-8-20-15/h3-6,8,10H,7,9,11-12H2,1-2H3,(H,18,19). The molecule has 0 aliphatic heterocycles. The maximum Gasteiger partial charge on any atom is 0.257 e. The number of ether oxygens (including phenoxy) is 1. The smallest absolute Gasteiger partial charge is 0.257 e. The molecular formula is C17H21NO3S. The third-order valence-electron chi connectivity index (χ3n) is 3.08. The number of nitrogens with one attached hydrogen (secondary N) is 1. The summed E-state index contributed by atoms with van der Waals surface area (Å²) < 4.78 is 10.8. The summed E-state index contributed by atoms with van der Waals surface area (Å²) >= 11 is 1.72. The molecule has 0 radical (unpaired) electrons. The Balaban J connectivity index is 1.59. The van der Waals surface area contributed by atoms with Crippen molar-refractivity contribution < 1.29 is 13.9 Å². The maximum absolute atomic E-state index is 11.7. The normalized spacial score (nSPS) is 10.5. The van der Waals surface area contributed by atoms with Crippen LogP contribution in [0.5, 0.6) is 5.75 Å². The first kappa shape index (κ1) is 16.5. The van der Waals surface area contributed by atoms with Crippen molar-refractivity contribution in [3.8, 4) is 5.75 Å². The fraction of sp³-hybridized carbons (Fsp3) is 0.353. The Morgan fingerprint density at radius 1 is 1.32 bits per heavy atom. The molecule has 4 nitrogen and oxygen atoms in total. The lowest BCUT2D eigenvalue weighted by molar-refractivity contribution is -0.122. The Labute approximate surface area is 135 Å². The van der Waals surface area contributed by atoms with Crippen LogP contribution in [0.3, 0.4) is 0 Å². The Morgan fingerprint density at radius 2 is 2.18 bits per heavy atom. The molecule has 2 aromatic rings. The van der Waals surface area contributed by atoms with E-state index in [9.17, 15) is 4.79 Å². The number of aryl methyl sites for hydroxylation is 2. The molecule has 1 N–H and O–H groups in total. The van der Waals surface area contributed by atoms with Gasteiger partial charge in [0.2, 0.25) is 0 Å². The lowest BCUT2D eigenvalue weighted by Crippen LogP contribution is -2.30. The Hall–Kier alpha value is -1.88. The minimum absolute atomic E-state index is 0.0484. The molecule has 0 spiro atoms. The van der Waals surface area contributed by atoms with Crippen LogP contribution < -0.4 is 10.1 Å². The van der Waals surface area contributed by atoms with Gasteiger partial charge < -0.3 is 14.5 Å². The molecule has 0 aliphatic rings. The lowest BCUT2D eigenvalue weighted by atomic mass is 10.1. The summed E-state index contributed by atoms with van der Waals surface area (Å²) in [6, 6.07) is 9.74. The molecule has 0 atom stereocenters. The summed E-state index contributed by atoms with van der Waals surface area (Å²) in [4.78, 5) is 11.7. The molecule has 0 bridgehead atoms. The first-order valence-corrected chi connectivity index (χ1v) is 8.37. The number of hydrogen-bond donors (Lipinski definition) is 1. The second kappa shape index (κ2) is 8.54. The van der Waals surface area contributed by atoms with Crippen LogP contribution >= 0.6 is 11.8 Å². The van der Waals surface area contributed by atoms with Crippen LogP contribution in [0.15, 0.2) is 41.0 Å². The van der Waals surface area contributed by atoms with Crippen molar-refractivity contribution >= 4 is 17.7 Å². The van der Waals surface area contributed by atoms with Gasteiger partial charge in [0.05, 0.1) is 12.0 Å². The molecule has 0 fully saturated rings. The second-order valence-electron chi connectivity index (χ2n) is 5.04. The van der Waals surface area contributed by atoms with Crippen LogP contribution in [0.1, 0.15) is 16.9 Å². The van der Waals surface area contributed by atoms with Crippen molar-refractivity contribution in [2.45, 2.75) is 19.6 Å². The average molecular weight is 319 g/mol. The van der Waals surface area contributed by atoms with Gasteiger partial charge in [0.1, 0.15) is 11.5 Å². The Kier molecular flexibility index (Phi) is 6.40. The van der Waals surface area contributed by atoms with Crippen molar-refractivity contribution in [2.24, 2.45) is 0 Å². The largest absolute Gasteiger partial charge is 0.484 e. The van der Waals surface area contributed by atoms with E-state index < -0.39 is 0 Å². The third-order valence-corrected chi connectivity index (χ3v) is 4.06. The molecule has 1 amide bonds. The van der Waals surface area contributed by atoms with Crippen molar-refractivity contribution in [1.82, 2.24) is 5.32 Å². The Morgan fingerprint density at radius 3 is 2.91 bits per heavy atom. The summed E-state index contributed by atoms with van der Waals surface area (Å²) in [5.74, 6) is 3.28. The highest BCUT2D eigenvalue weighted by Crippen LogP contribution is 2.18. The van der Waals surface area contributed by atoms with E-state index in [1.807, 2.05) is 44.2 Å². The van der Waals surface area contributed by atoms with Gasteiger partial charge in [-0.25, -0.2) is 0 Å². The van der Waals surface area contributed by atoms with Crippen LogP contribution in [-0.4, -0.2) is 24.8 Å². The molecule has 22 heavy (non-hydrogen) atoms. The minimum atomic E-state index is -0.0985. The monoisotopic (exact) mass is 319 g/mol. The number of carbonyl (C=O) groups excluding carboxylic acids is 1. The number of carbonyl (C=O) groups is 1. The number of thioether (sulfide) groups is 1. The van der Waals surface area contributed by atoms with E-state index in [0.717, 1.165) is 28.6 Å². The molecule has 0 unspecified atom stereocenters. The van der Waals surface area contributed by atoms with Crippen molar-refractivity contribution in [1.29, 1.82) is 0 Å². The van der Waals surface area contributed by atoms with E-state index in [0.29, 0.717) is 6.54 Å². The van der Waals surface area contributed by atoms with Crippen LogP contribution in [0.4, 0.5) is 0 Å². The van der Waals surface area contributed by atoms with Crippen LogP contribution in [0.2, 0.25) is 0 Å². The molecule has 1 heterocycles. The van der Waals surface area contributed by atoms with E-state index in [4.69, 9.17) is 9.15 Å². The van der Waals surface area contributed by atoms with Gasteiger partial charge in [0.15, 0.2) is 6.61 Å². The van der Waals surface area contributed by atoms with E-state index in [2.05, 4.69) is 5.32 Å². The topological polar surface area (TPSA) is 51.5 Å². The van der Waals surface area contributed by atoms with Gasteiger partial charge in [0.25, 0.3) is 5.91 Å². The second-order valence-corrected chi connectivity index (χ2v) is 6.14. The van der Waals surface area contributed by atoms with Crippen molar-refractivity contribution in [3.63, 3.8) is 0 Å². The van der Waals surface area contributed by atoms with Crippen LogP contribution in [-0.2, 0) is 10.5 Å². The van der Waals surface area contributed by atoms with Crippen LogP contribution in [0, 0.1) is 13.8 Å². The third kappa shape index (κ3) is 5.48. The van der Waals surface area contributed by atoms with Crippen molar-refractivity contribution in [3.05, 3.63) is 53.5 Å². The van der Waals surface area contributed by atoms with E-state index in [-0.39, 0.29) is 12.5 Å². The van der Waals surface area contributed by atoms with Gasteiger partial charge in [-0.15, -0.1) is 0 Å². The fourth-order valence-corrected chi connectivity index (χ4v) is 2.74. The SMILES string of the molecule is Cc1ccc(OCC(=O)NCCSCc2ccco2)c(C)c1. The zero-order valence-electron chi connectivity index (χ0n) is 12.9. The average Bonchev–Trinajstić information content (AvgIpc) is 2.99. The molecule has 118 valence electrons. The molecule has 5 heteroatoms.